The number of likely N-dealkylation sites (tertiary alicyclic amines) is 1. The van der Waals surface area contributed by atoms with Gasteiger partial charge in [-0.25, -0.2) is 4.79 Å². The number of methoxy groups -OCH3 is 1. The molecule has 2 fully saturated rings. The number of amides is 1. The van der Waals surface area contributed by atoms with E-state index in [-0.39, 0.29) is 11.8 Å². The first-order valence-electron chi connectivity index (χ1n) is 11.4. The molecule has 5 rings (SSSR count). The number of nitrogens with zero attached hydrogens (tertiary/aromatic N) is 1. The maximum absolute atomic E-state index is 13.5. The Labute approximate surface area is 193 Å². The fourth-order valence-corrected chi connectivity index (χ4v) is 6.98. The van der Waals surface area contributed by atoms with E-state index in [0.29, 0.717) is 50.3 Å². The molecule has 1 aromatic rings. The third-order valence-electron chi connectivity index (χ3n) is 8.07. The van der Waals surface area contributed by atoms with Crippen LogP contribution in [0.25, 0.3) is 0 Å². The third-order valence-corrected chi connectivity index (χ3v) is 8.16. The van der Waals surface area contributed by atoms with Crippen LogP contribution in [-0.2, 0) is 26.1 Å². The highest BCUT2D eigenvalue weighted by atomic mass is 35.5. The van der Waals surface area contributed by atoms with Gasteiger partial charge >= 0.3 is 6.09 Å². The van der Waals surface area contributed by atoms with E-state index in [9.17, 15) is 9.59 Å². The van der Waals surface area contributed by atoms with E-state index in [2.05, 4.69) is 6.92 Å². The summed E-state index contributed by atoms with van der Waals surface area (Å²) in [5, 5.41) is 0. The van der Waals surface area contributed by atoms with Crippen molar-refractivity contribution < 1.29 is 28.5 Å². The monoisotopic (exact) mass is 463 g/mol. The van der Waals surface area contributed by atoms with E-state index in [1.54, 1.807) is 18.9 Å². The zero-order chi connectivity index (χ0) is 22.9. The summed E-state index contributed by atoms with van der Waals surface area (Å²) in [4.78, 5) is 28.3. The van der Waals surface area contributed by atoms with Crippen molar-refractivity contribution in [1.29, 1.82) is 0 Å². The van der Waals surface area contributed by atoms with E-state index >= 15 is 0 Å². The van der Waals surface area contributed by atoms with Gasteiger partial charge in [-0.05, 0) is 51.2 Å². The van der Waals surface area contributed by atoms with Gasteiger partial charge in [0.05, 0.1) is 18.6 Å². The second kappa shape index (κ2) is 7.26. The minimum Gasteiger partial charge on any atom is -0.493 e. The van der Waals surface area contributed by atoms with Crippen molar-refractivity contribution in [2.45, 2.75) is 81.1 Å². The van der Waals surface area contributed by atoms with Crippen LogP contribution >= 0.6 is 11.6 Å². The summed E-state index contributed by atoms with van der Waals surface area (Å²) in [6, 6.07) is 3.63. The van der Waals surface area contributed by atoms with Crippen molar-refractivity contribution in [3.63, 3.8) is 0 Å². The van der Waals surface area contributed by atoms with E-state index in [1.165, 1.54) is 0 Å². The van der Waals surface area contributed by atoms with E-state index < -0.39 is 28.3 Å². The zero-order valence-electron chi connectivity index (χ0n) is 19.0. The van der Waals surface area contributed by atoms with Gasteiger partial charge in [-0.15, -0.1) is 0 Å². The maximum atomic E-state index is 13.5. The van der Waals surface area contributed by atoms with E-state index in [0.717, 1.165) is 17.5 Å². The molecule has 0 aromatic heterocycles. The van der Waals surface area contributed by atoms with Gasteiger partial charge in [0.25, 0.3) is 0 Å². The summed E-state index contributed by atoms with van der Waals surface area (Å²) < 4.78 is 24.3. The number of rotatable bonds is 5. The highest BCUT2D eigenvalue weighted by molar-refractivity contribution is 6.19. The number of carbonyl (C=O) groups is 2. The fourth-order valence-electron chi connectivity index (χ4n) is 6.90. The summed E-state index contributed by atoms with van der Waals surface area (Å²) in [6.45, 7) is 6.57. The normalized spacial score (nSPS) is 35.1. The lowest BCUT2D eigenvalue weighted by molar-refractivity contribution is -0.226. The molecule has 1 aromatic carbocycles. The van der Waals surface area contributed by atoms with Crippen molar-refractivity contribution in [2.75, 3.05) is 20.3 Å². The predicted octanol–water partition coefficient (Wildman–Crippen LogP) is 3.96. The quantitative estimate of drug-likeness (QED) is 0.615. The maximum Gasteiger partial charge on any atom is 0.411 e. The van der Waals surface area contributed by atoms with Gasteiger partial charge in [0.1, 0.15) is 5.60 Å². The lowest BCUT2D eigenvalue weighted by Gasteiger charge is -2.66. The number of alkyl halides is 1. The second-order valence-corrected chi connectivity index (χ2v) is 10.0. The third kappa shape index (κ3) is 2.47. The predicted molar refractivity (Wildman–Crippen MR) is 118 cm³/mol. The highest BCUT2D eigenvalue weighted by Crippen LogP contribution is 2.69. The average molecular weight is 464 g/mol. The molecule has 2 unspecified atom stereocenters. The number of hydrogen-bond donors (Lipinski definition) is 0. The fraction of sp³-hybridized carbons (Fsp3) is 0.667. The summed E-state index contributed by atoms with van der Waals surface area (Å²) in [7, 11) is 1.61. The minimum absolute atomic E-state index is 0.0727. The molecule has 5 atom stereocenters. The lowest BCUT2D eigenvalue weighted by atomic mass is 9.45. The van der Waals surface area contributed by atoms with Crippen molar-refractivity contribution in [1.82, 2.24) is 4.90 Å². The Morgan fingerprint density at radius 2 is 2.16 bits per heavy atom. The Bertz CT molecular complexity index is 981. The standard InChI is InChI=1S/C24H30ClNO6/c1-5-12-30-24-9-8-18(27)22(3)23(24)10-11-26(21(28)31-14(2)25)17(24)13-15-6-7-16(29-4)20(32-22)19(15)23/h6-7,14,17H,5,8-13H2,1-4H3/t14?,17-,22?,23+,24-/m1/s1. The Hall–Kier alpha value is -1.99. The number of benzene rings is 1. The van der Waals surface area contributed by atoms with Crippen LogP contribution in [0.15, 0.2) is 12.1 Å². The number of halogens is 1. The van der Waals surface area contributed by atoms with Gasteiger partial charge in [0, 0.05) is 25.1 Å². The lowest BCUT2D eigenvalue weighted by Crippen LogP contribution is -2.81. The summed E-state index contributed by atoms with van der Waals surface area (Å²) >= 11 is 5.99. The van der Waals surface area contributed by atoms with E-state index in [4.69, 9.17) is 30.5 Å². The molecule has 0 N–H and O–H groups in total. The number of piperidine rings is 1. The summed E-state index contributed by atoms with van der Waals surface area (Å²) in [5.74, 6) is 1.35. The number of ketones is 1. The minimum atomic E-state index is -1.08. The molecule has 2 aliphatic carbocycles. The van der Waals surface area contributed by atoms with Crippen LogP contribution in [-0.4, -0.2) is 59.8 Å². The van der Waals surface area contributed by atoms with Gasteiger partial charge < -0.3 is 23.8 Å². The molecular formula is C24H30ClNO6. The van der Waals surface area contributed by atoms with E-state index in [1.807, 2.05) is 19.1 Å². The van der Waals surface area contributed by atoms with Crippen molar-refractivity contribution >= 4 is 23.5 Å². The molecule has 2 heterocycles. The van der Waals surface area contributed by atoms with Crippen molar-refractivity contribution in [3.05, 3.63) is 23.3 Å². The Morgan fingerprint density at radius 1 is 1.38 bits per heavy atom. The molecule has 1 spiro atoms. The smallest absolute Gasteiger partial charge is 0.411 e. The average Bonchev–Trinajstić information content (AvgIpc) is 3.03. The first kappa shape index (κ1) is 21.8. The van der Waals surface area contributed by atoms with Crippen LogP contribution in [0, 0.1) is 0 Å². The second-order valence-electron chi connectivity index (χ2n) is 9.42. The van der Waals surface area contributed by atoms with Crippen LogP contribution in [0.3, 0.4) is 0 Å². The van der Waals surface area contributed by atoms with Crippen molar-refractivity contribution in [3.8, 4) is 11.5 Å². The van der Waals surface area contributed by atoms with Gasteiger partial charge in [-0.1, -0.05) is 24.6 Å². The SMILES string of the molecule is CCCO[C@@]12CCC(=O)C3(C)Oc4c(OC)ccc5c4[C@@]31CCN(C(=O)OC(C)Cl)[C@@H]2C5. The summed E-state index contributed by atoms with van der Waals surface area (Å²) in [5.41, 5.74) is -1.18. The Morgan fingerprint density at radius 3 is 2.84 bits per heavy atom. The van der Waals surface area contributed by atoms with Gasteiger partial charge in [-0.2, -0.15) is 0 Å². The number of hydrogen-bond acceptors (Lipinski definition) is 6. The first-order valence-corrected chi connectivity index (χ1v) is 11.9. The molecule has 2 bridgehead atoms. The molecule has 7 nitrogen and oxygen atoms in total. The number of ether oxygens (including phenoxy) is 4. The molecular weight excluding hydrogens is 434 g/mol. The molecule has 4 aliphatic rings. The Kier molecular flexibility index (Phi) is 4.95. The van der Waals surface area contributed by atoms with Crippen LogP contribution in [0.4, 0.5) is 4.79 Å². The molecule has 8 heteroatoms. The van der Waals surface area contributed by atoms with Gasteiger partial charge in [-0.3, -0.25) is 4.79 Å². The van der Waals surface area contributed by atoms with Crippen LogP contribution in [0.1, 0.15) is 57.6 Å². The number of Topliss-reactive ketones (excluding diaryl/α,β-unsaturated/α-hetero) is 1. The molecule has 0 radical (unpaired) electrons. The molecule has 32 heavy (non-hydrogen) atoms. The molecule has 1 saturated heterocycles. The van der Waals surface area contributed by atoms with Crippen LogP contribution in [0.5, 0.6) is 11.5 Å². The number of carbonyl (C=O) groups excluding carboxylic acids is 2. The molecule has 1 saturated carbocycles. The van der Waals surface area contributed by atoms with Gasteiger partial charge in [0.15, 0.2) is 28.4 Å². The van der Waals surface area contributed by atoms with Crippen LogP contribution < -0.4 is 9.47 Å². The summed E-state index contributed by atoms with van der Waals surface area (Å²) in [6.07, 6.45) is 2.38. The van der Waals surface area contributed by atoms with Crippen LogP contribution in [0.2, 0.25) is 0 Å². The first-order chi connectivity index (χ1) is 15.3. The van der Waals surface area contributed by atoms with Crippen molar-refractivity contribution in [2.24, 2.45) is 0 Å². The molecule has 2 aliphatic heterocycles. The topological polar surface area (TPSA) is 74.3 Å². The molecule has 1 amide bonds. The zero-order valence-corrected chi connectivity index (χ0v) is 19.8. The Balaban J connectivity index is 1.76. The van der Waals surface area contributed by atoms with Gasteiger partial charge in [0.2, 0.25) is 0 Å². The molecule has 174 valence electrons. The highest BCUT2D eigenvalue weighted by Gasteiger charge is 2.79. The largest absolute Gasteiger partial charge is 0.493 e.